The van der Waals surface area contributed by atoms with Gasteiger partial charge in [0.1, 0.15) is 0 Å². The molecule has 0 fully saturated rings. The van der Waals surface area contributed by atoms with Crippen LogP contribution in [0.2, 0.25) is 0 Å². The van der Waals surface area contributed by atoms with Crippen LogP contribution in [-0.4, -0.2) is 10.9 Å². The monoisotopic (exact) mass is 226 g/mol. The molecule has 2 amide bonds. The summed E-state index contributed by atoms with van der Waals surface area (Å²) in [6.45, 7) is 7.37. The number of alkyl halides is 1. The van der Waals surface area contributed by atoms with Gasteiger partial charge in [-0.25, -0.2) is 4.79 Å². The van der Waals surface area contributed by atoms with E-state index in [9.17, 15) is 0 Å². The molecule has 0 aromatic rings. The van der Waals surface area contributed by atoms with Gasteiger partial charge in [0.25, 0.3) is 0 Å². The minimum absolute atomic E-state index is 0.391. The molecular formula is C11H15ClN2O. The molecule has 4 heteroatoms. The van der Waals surface area contributed by atoms with Crippen LogP contribution in [0.1, 0.15) is 6.42 Å². The number of allylic oxidation sites excluding steroid dienone is 6. The average Bonchev–Trinajstić information content (AvgIpc) is 2.17. The Balaban J connectivity index is 0.000000423. The van der Waals surface area contributed by atoms with Crippen molar-refractivity contribution in [3.8, 4) is 0 Å². The van der Waals surface area contributed by atoms with Crippen LogP contribution in [0, 0.1) is 0 Å². The molecule has 0 aromatic carbocycles. The third-order valence-electron chi connectivity index (χ3n) is 1.76. The second-order valence-corrected chi connectivity index (χ2v) is 3.72. The zero-order chi connectivity index (χ0) is 11.9. The van der Waals surface area contributed by atoms with Gasteiger partial charge in [0.05, 0.1) is 4.87 Å². The van der Waals surface area contributed by atoms with E-state index in [0.29, 0.717) is 0 Å². The molecule has 0 heterocycles. The number of amides is 2. The Morgan fingerprint density at radius 3 is 2.47 bits per heavy atom. The molecule has 82 valence electrons. The van der Waals surface area contributed by atoms with Crippen molar-refractivity contribution >= 4 is 17.6 Å². The lowest BCUT2D eigenvalue weighted by Gasteiger charge is -2.21. The van der Waals surface area contributed by atoms with Crippen molar-refractivity contribution in [2.24, 2.45) is 11.5 Å². The predicted molar refractivity (Wildman–Crippen MR) is 64.6 cm³/mol. The highest BCUT2D eigenvalue weighted by molar-refractivity contribution is 6.26. The van der Waals surface area contributed by atoms with Crippen molar-refractivity contribution in [1.82, 2.24) is 0 Å². The number of hydrogen-bond donors (Lipinski definition) is 2. The lowest BCUT2D eigenvalue weighted by molar-refractivity contribution is 0.256. The van der Waals surface area contributed by atoms with Gasteiger partial charge in [-0.15, -0.1) is 18.2 Å². The van der Waals surface area contributed by atoms with Crippen LogP contribution in [0.5, 0.6) is 0 Å². The lowest BCUT2D eigenvalue weighted by Crippen LogP contribution is -2.18. The summed E-state index contributed by atoms with van der Waals surface area (Å²) in [6.07, 6.45) is 10.3. The Kier molecular flexibility index (Phi) is 5.49. The van der Waals surface area contributed by atoms with E-state index in [0.717, 1.165) is 12.0 Å². The SMILES string of the molecule is C=CC1=CC=CC(Cl)(C=C)C1.NC(N)=O. The Hall–Kier alpha value is -1.48. The first-order chi connectivity index (χ1) is 6.93. The first kappa shape index (κ1) is 13.5. The largest absolute Gasteiger partial charge is 0.352 e. The van der Waals surface area contributed by atoms with Crippen molar-refractivity contribution in [1.29, 1.82) is 0 Å². The summed E-state index contributed by atoms with van der Waals surface area (Å²) in [4.78, 5) is 8.61. The number of rotatable bonds is 2. The highest BCUT2D eigenvalue weighted by atomic mass is 35.5. The quantitative estimate of drug-likeness (QED) is 0.550. The van der Waals surface area contributed by atoms with Crippen LogP contribution in [0.15, 0.2) is 49.1 Å². The van der Waals surface area contributed by atoms with Crippen molar-refractivity contribution in [2.75, 3.05) is 0 Å². The van der Waals surface area contributed by atoms with Crippen molar-refractivity contribution in [3.63, 3.8) is 0 Å². The molecule has 0 aliphatic heterocycles. The molecule has 1 rings (SSSR count). The zero-order valence-corrected chi connectivity index (χ0v) is 9.20. The summed E-state index contributed by atoms with van der Waals surface area (Å²) in [5.41, 5.74) is 9.66. The molecule has 15 heavy (non-hydrogen) atoms. The topological polar surface area (TPSA) is 69.1 Å². The number of carbonyl (C=O) groups is 1. The molecule has 1 atom stereocenters. The number of nitrogens with two attached hydrogens (primary N) is 2. The first-order valence-corrected chi connectivity index (χ1v) is 4.69. The first-order valence-electron chi connectivity index (χ1n) is 4.32. The van der Waals surface area contributed by atoms with E-state index in [2.05, 4.69) is 24.6 Å². The van der Waals surface area contributed by atoms with Crippen LogP contribution in [0.3, 0.4) is 0 Å². The van der Waals surface area contributed by atoms with E-state index in [1.807, 2.05) is 24.3 Å². The van der Waals surface area contributed by atoms with Crippen molar-refractivity contribution < 1.29 is 4.79 Å². The summed E-state index contributed by atoms with van der Waals surface area (Å²) in [6, 6.07) is -0.833. The molecule has 0 aromatic heterocycles. The maximum Gasteiger partial charge on any atom is 0.309 e. The van der Waals surface area contributed by atoms with E-state index in [4.69, 9.17) is 16.4 Å². The molecule has 0 saturated heterocycles. The molecular weight excluding hydrogens is 212 g/mol. The number of primary amides is 2. The molecule has 1 aliphatic carbocycles. The van der Waals surface area contributed by atoms with Crippen LogP contribution in [-0.2, 0) is 0 Å². The van der Waals surface area contributed by atoms with Gasteiger partial charge in [-0.3, -0.25) is 0 Å². The van der Waals surface area contributed by atoms with E-state index >= 15 is 0 Å². The van der Waals surface area contributed by atoms with Gasteiger partial charge in [-0.05, 0) is 12.0 Å². The van der Waals surface area contributed by atoms with Crippen LogP contribution in [0.25, 0.3) is 0 Å². The Morgan fingerprint density at radius 1 is 1.53 bits per heavy atom. The third kappa shape index (κ3) is 5.75. The molecule has 4 N–H and O–H groups in total. The van der Waals surface area contributed by atoms with E-state index < -0.39 is 10.9 Å². The van der Waals surface area contributed by atoms with E-state index in [-0.39, 0.29) is 0 Å². The lowest BCUT2D eigenvalue weighted by atomic mass is 9.94. The van der Waals surface area contributed by atoms with Crippen LogP contribution >= 0.6 is 11.6 Å². The zero-order valence-electron chi connectivity index (χ0n) is 8.45. The van der Waals surface area contributed by atoms with Gasteiger partial charge in [0.15, 0.2) is 0 Å². The molecule has 1 unspecified atom stereocenters. The smallest absolute Gasteiger partial charge is 0.309 e. The summed E-state index contributed by atoms with van der Waals surface area (Å²) >= 11 is 6.14. The fourth-order valence-corrected chi connectivity index (χ4v) is 1.27. The molecule has 0 bridgehead atoms. The number of hydrogen-bond acceptors (Lipinski definition) is 1. The van der Waals surface area contributed by atoms with Crippen molar-refractivity contribution in [3.05, 3.63) is 49.1 Å². The molecule has 3 nitrogen and oxygen atoms in total. The minimum Gasteiger partial charge on any atom is -0.352 e. The fourth-order valence-electron chi connectivity index (χ4n) is 1.04. The van der Waals surface area contributed by atoms with E-state index in [1.54, 1.807) is 6.08 Å². The van der Waals surface area contributed by atoms with Gasteiger partial charge in [0, 0.05) is 0 Å². The van der Waals surface area contributed by atoms with Crippen molar-refractivity contribution in [2.45, 2.75) is 11.3 Å². The minimum atomic E-state index is -0.833. The summed E-state index contributed by atoms with van der Waals surface area (Å²) in [5, 5.41) is 0. The van der Waals surface area contributed by atoms with Crippen LogP contribution < -0.4 is 11.5 Å². The standard InChI is InChI=1S/C10H11Cl.CH4N2O/c1-3-9-6-5-7-10(11,4-2)8-9;2-1(3)4/h3-7H,1-2,8H2;(H4,2,3,4). The number of urea groups is 1. The second kappa shape index (κ2) is 6.09. The highest BCUT2D eigenvalue weighted by Gasteiger charge is 2.21. The molecule has 0 spiro atoms. The van der Waals surface area contributed by atoms with Gasteiger partial charge in [-0.2, -0.15) is 0 Å². The Morgan fingerprint density at radius 2 is 2.07 bits per heavy atom. The van der Waals surface area contributed by atoms with Gasteiger partial charge < -0.3 is 11.5 Å². The van der Waals surface area contributed by atoms with Gasteiger partial charge in [0.2, 0.25) is 0 Å². The maximum atomic E-state index is 9.00. The Labute approximate surface area is 94.8 Å². The molecule has 1 aliphatic rings. The van der Waals surface area contributed by atoms with E-state index in [1.165, 1.54) is 0 Å². The average molecular weight is 227 g/mol. The van der Waals surface area contributed by atoms with Gasteiger partial charge in [-0.1, -0.05) is 37.0 Å². The summed E-state index contributed by atoms with van der Waals surface area (Å²) in [5.74, 6) is 0. The molecule has 0 saturated carbocycles. The predicted octanol–water partition coefficient (Wildman–Crippen LogP) is 2.25. The fraction of sp³-hybridized carbons (Fsp3) is 0.182. The number of carbonyl (C=O) groups excluding carboxylic acids is 1. The summed E-state index contributed by atoms with van der Waals surface area (Å²) in [7, 11) is 0. The second-order valence-electron chi connectivity index (χ2n) is 3.01. The maximum absolute atomic E-state index is 9.00. The normalized spacial score (nSPS) is 23.1. The highest BCUT2D eigenvalue weighted by Crippen LogP contribution is 2.30. The molecule has 0 radical (unpaired) electrons. The Bertz CT molecular complexity index is 317. The van der Waals surface area contributed by atoms with Gasteiger partial charge >= 0.3 is 6.03 Å². The number of halogens is 1. The third-order valence-corrected chi connectivity index (χ3v) is 2.17. The van der Waals surface area contributed by atoms with Crippen LogP contribution in [0.4, 0.5) is 4.79 Å². The summed E-state index contributed by atoms with van der Waals surface area (Å²) < 4.78 is 0.